The van der Waals surface area contributed by atoms with Gasteiger partial charge in [-0.05, 0) is 40.0 Å². The van der Waals surface area contributed by atoms with Crippen molar-refractivity contribution >= 4 is 6.09 Å². The van der Waals surface area contributed by atoms with Gasteiger partial charge in [0.15, 0.2) is 0 Å². The van der Waals surface area contributed by atoms with Gasteiger partial charge in [-0.3, -0.25) is 0 Å². The Morgan fingerprint density at radius 3 is 2.67 bits per heavy atom. The van der Waals surface area contributed by atoms with E-state index in [1.54, 1.807) is 0 Å². The summed E-state index contributed by atoms with van der Waals surface area (Å²) in [5, 5.41) is 2.73. The summed E-state index contributed by atoms with van der Waals surface area (Å²) >= 11 is 0. The van der Waals surface area contributed by atoms with Crippen molar-refractivity contribution in [1.82, 2.24) is 5.32 Å². The van der Waals surface area contributed by atoms with E-state index in [2.05, 4.69) is 5.32 Å². The lowest BCUT2D eigenvalue weighted by Gasteiger charge is -2.19. The Kier molecular flexibility index (Phi) is 4.39. The molecule has 88 valence electrons. The molecule has 1 atom stereocenters. The highest BCUT2D eigenvalue weighted by Crippen LogP contribution is 2.16. The molecule has 1 aliphatic heterocycles. The quantitative estimate of drug-likeness (QED) is 0.564. The van der Waals surface area contributed by atoms with Gasteiger partial charge in [0, 0.05) is 6.54 Å². The first kappa shape index (κ1) is 12.3. The summed E-state index contributed by atoms with van der Waals surface area (Å²) in [5.74, 6) is 0. The Labute approximate surface area is 91.3 Å². The van der Waals surface area contributed by atoms with Gasteiger partial charge in [-0.2, -0.15) is 0 Å². The molecule has 1 fully saturated rings. The second-order valence-corrected chi connectivity index (χ2v) is 4.88. The summed E-state index contributed by atoms with van der Waals surface area (Å²) in [6.45, 7) is 7.17. The number of ether oxygens (including phenoxy) is 2. The van der Waals surface area contributed by atoms with Crippen LogP contribution in [0.15, 0.2) is 0 Å². The fourth-order valence-electron chi connectivity index (χ4n) is 1.24. The minimum Gasteiger partial charge on any atom is -0.444 e. The number of unbranched alkanes of at least 4 members (excludes halogenated alkanes) is 1. The van der Waals surface area contributed by atoms with E-state index in [9.17, 15) is 4.79 Å². The largest absolute Gasteiger partial charge is 0.444 e. The molecule has 15 heavy (non-hydrogen) atoms. The summed E-state index contributed by atoms with van der Waals surface area (Å²) in [7, 11) is 0. The van der Waals surface area contributed by atoms with Crippen molar-refractivity contribution in [2.45, 2.75) is 51.7 Å². The number of carbonyl (C=O) groups is 1. The van der Waals surface area contributed by atoms with Crippen molar-refractivity contribution in [2.24, 2.45) is 0 Å². The maximum atomic E-state index is 11.2. The zero-order valence-electron chi connectivity index (χ0n) is 9.84. The van der Waals surface area contributed by atoms with Crippen molar-refractivity contribution < 1.29 is 14.3 Å². The Morgan fingerprint density at radius 2 is 2.13 bits per heavy atom. The van der Waals surface area contributed by atoms with E-state index in [4.69, 9.17) is 9.47 Å². The van der Waals surface area contributed by atoms with Gasteiger partial charge in [0.25, 0.3) is 0 Å². The lowest BCUT2D eigenvalue weighted by atomic mass is 10.2. The average Bonchev–Trinajstić information content (AvgIpc) is 2.83. The summed E-state index contributed by atoms with van der Waals surface area (Å²) < 4.78 is 10.2. The smallest absolute Gasteiger partial charge is 0.407 e. The van der Waals surface area contributed by atoms with E-state index < -0.39 is 5.60 Å². The van der Waals surface area contributed by atoms with Gasteiger partial charge >= 0.3 is 6.09 Å². The molecule has 1 aliphatic rings. The molecular weight excluding hydrogens is 194 g/mol. The van der Waals surface area contributed by atoms with Gasteiger partial charge < -0.3 is 14.8 Å². The third-order valence-electron chi connectivity index (χ3n) is 2.02. The zero-order valence-corrected chi connectivity index (χ0v) is 9.84. The minimum absolute atomic E-state index is 0.329. The number of carbonyl (C=O) groups excluding carboxylic acids is 1. The molecule has 1 unspecified atom stereocenters. The molecule has 1 N–H and O–H groups in total. The molecule has 0 aliphatic carbocycles. The van der Waals surface area contributed by atoms with E-state index in [-0.39, 0.29) is 6.09 Å². The molecule has 0 aromatic heterocycles. The van der Waals surface area contributed by atoms with Crippen molar-refractivity contribution in [3.05, 3.63) is 0 Å². The second-order valence-electron chi connectivity index (χ2n) is 4.88. The highest BCUT2D eigenvalue weighted by atomic mass is 16.6. The summed E-state index contributed by atoms with van der Waals surface area (Å²) in [6, 6.07) is 0. The van der Waals surface area contributed by atoms with Crippen LogP contribution in [0.1, 0.15) is 40.0 Å². The zero-order chi connectivity index (χ0) is 11.3. The third-order valence-corrected chi connectivity index (χ3v) is 2.02. The number of nitrogens with one attached hydrogen (secondary N) is 1. The molecule has 1 rings (SSSR count). The van der Waals surface area contributed by atoms with Gasteiger partial charge in [0.05, 0.1) is 12.7 Å². The number of hydrogen-bond acceptors (Lipinski definition) is 3. The molecule has 0 spiro atoms. The van der Waals surface area contributed by atoms with Crippen LogP contribution < -0.4 is 5.32 Å². The van der Waals surface area contributed by atoms with Crippen molar-refractivity contribution in [3.63, 3.8) is 0 Å². The minimum atomic E-state index is -0.411. The lowest BCUT2D eigenvalue weighted by molar-refractivity contribution is 0.0527. The first-order valence-corrected chi connectivity index (χ1v) is 5.56. The summed E-state index contributed by atoms with van der Waals surface area (Å²) in [6.07, 6.45) is 3.35. The molecule has 0 saturated carbocycles. The molecular formula is C11H21NO3. The highest BCUT2D eigenvalue weighted by Gasteiger charge is 2.21. The topological polar surface area (TPSA) is 50.9 Å². The molecule has 0 aromatic carbocycles. The van der Waals surface area contributed by atoms with Crippen LogP contribution in [0, 0.1) is 0 Å². The van der Waals surface area contributed by atoms with Crippen LogP contribution >= 0.6 is 0 Å². The van der Waals surface area contributed by atoms with Crippen molar-refractivity contribution in [3.8, 4) is 0 Å². The van der Waals surface area contributed by atoms with Gasteiger partial charge in [-0.25, -0.2) is 4.79 Å². The van der Waals surface area contributed by atoms with Crippen molar-refractivity contribution in [2.75, 3.05) is 13.2 Å². The van der Waals surface area contributed by atoms with E-state index in [1.165, 1.54) is 0 Å². The molecule has 4 nitrogen and oxygen atoms in total. The molecule has 4 heteroatoms. The maximum absolute atomic E-state index is 11.2. The van der Waals surface area contributed by atoms with Gasteiger partial charge in [0.2, 0.25) is 0 Å². The first-order valence-electron chi connectivity index (χ1n) is 5.56. The van der Waals surface area contributed by atoms with E-state index >= 15 is 0 Å². The Morgan fingerprint density at radius 1 is 1.47 bits per heavy atom. The second kappa shape index (κ2) is 5.35. The fraction of sp³-hybridized carbons (Fsp3) is 0.909. The third kappa shape index (κ3) is 7.19. The van der Waals surface area contributed by atoms with Gasteiger partial charge in [-0.1, -0.05) is 0 Å². The summed E-state index contributed by atoms with van der Waals surface area (Å²) in [5.41, 5.74) is -0.411. The standard InChI is InChI=1S/C11H21NO3/c1-11(2,3)15-10(13)12-7-5-4-6-9-8-14-9/h9H,4-8H2,1-3H3,(H,12,13). The predicted molar refractivity (Wildman–Crippen MR) is 57.8 cm³/mol. The normalized spacial score (nSPS) is 19.8. The monoisotopic (exact) mass is 215 g/mol. The Balaban J connectivity index is 1.91. The van der Waals surface area contributed by atoms with Crippen LogP contribution in [-0.4, -0.2) is 30.9 Å². The first-order chi connectivity index (χ1) is 6.97. The van der Waals surface area contributed by atoms with Crippen LogP contribution in [0.2, 0.25) is 0 Å². The fourth-order valence-corrected chi connectivity index (χ4v) is 1.24. The average molecular weight is 215 g/mol. The van der Waals surface area contributed by atoms with Crippen LogP contribution in [0.4, 0.5) is 4.79 Å². The number of rotatable bonds is 5. The SMILES string of the molecule is CC(C)(C)OC(=O)NCCCCC1CO1. The Bertz CT molecular complexity index is 206. The molecule has 1 saturated heterocycles. The number of amides is 1. The maximum Gasteiger partial charge on any atom is 0.407 e. The molecule has 1 heterocycles. The molecule has 1 amide bonds. The highest BCUT2D eigenvalue weighted by molar-refractivity contribution is 5.67. The molecule has 0 aromatic rings. The van der Waals surface area contributed by atoms with Gasteiger partial charge in [0.1, 0.15) is 5.60 Å². The van der Waals surface area contributed by atoms with Crippen molar-refractivity contribution in [1.29, 1.82) is 0 Å². The lowest BCUT2D eigenvalue weighted by Crippen LogP contribution is -2.33. The van der Waals surface area contributed by atoms with Crippen LogP contribution in [0.3, 0.4) is 0 Å². The predicted octanol–water partition coefficient (Wildman–Crippen LogP) is 2.08. The number of epoxide rings is 1. The molecule has 0 bridgehead atoms. The number of hydrogen-bond donors (Lipinski definition) is 1. The van der Waals surface area contributed by atoms with Gasteiger partial charge in [-0.15, -0.1) is 0 Å². The molecule has 0 radical (unpaired) electrons. The number of alkyl carbamates (subject to hydrolysis) is 1. The van der Waals surface area contributed by atoms with Crippen LogP contribution in [0.25, 0.3) is 0 Å². The van der Waals surface area contributed by atoms with Crippen LogP contribution in [0.5, 0.6) is 0 Å². The van der Waals surface area contributed by atoms with E-state index in [0.29, 0.717) is 12.6 Å². The Hall–Kier alpha value is -0.770. The van der Waals surface area contributed by atoms with E-state index in [0.717, 1.165) is 25.9 Å². The van der Waals surface area contributed by atoms with E-state index in [1.807, 2.05) is 20.8 Å². The van der Waals surface area contributed by atoms with Crippen LogP contribution in [-0.2, 0) is 9.47 Å². The summed E-state index contributed by atoms with van der Waals surface area (Å²) in [4.78, 5) is 11.2.